The summed E-state index contributed by atoms with van der Waals surface area (Å²) in [7, 11) is 0. The Labute approximate surface area is 115 Å². The van der Waals surface area contributed by atoms with Crippen LogP contribution in [0, 0.1) is 12.8 Å². The zero-order valence-corrected chi connectivity index (χ0v) is 12.1. The van der Waals surface area contributed by atoms with Crippen LogP contribution < -0.4 is 5.73 Å². The molecule has 0 saturated carbocycles. The topological polar surface area (TPSA) is 46.2 Å². The van der Waals surface area contributed by atoms with Crippen LogP contribution in [0.1, 0.15) is 37.4 Å². The van der Waals surface area contributed by atoms with Crippen LogP contribution in [0.3, 0.4) is 0 Å². The molecule has 0 heterocycles. The SMILES string of the molecule is CCC(C)[C@H](O)[C@H](N)c1c(C)cccc1Cl.Cl. The zero-order valence-electron chi connectivity index (χ0n) is 10.5. The van der Waals surface area contributed by atoms with Crippen molar-refractivity contribution in [2.75, 3.05) is 0 Å². The van der Waals surface area contributed by atoms with E-state index in [-0.39, 0.29) is 18.3 Å². The van der Waals surface area contributed by atoms with E-state index in [4.69, 9.17) is 17.3 Å². The van der Waals surface area contributed by atoms with E-state index < -0.39 is 12.1 Å². The van der Waals surface area contributed by atoms with Crippen molar-refractivity contribution in [2.24, 2.45) is 11.7 Å². The highest BCUT2D eigenvalue weighted by Crippen LogP contribution is 2.29. The predicted octanol–water partition coefficient (Wildman–Crippen LogP) is 3.48. The van der Waals surface area contributed by atoms with Crippen LogP contribution in [0.25, 0.3) is 0 Å². The van der Waals surface area contributed by atoms with Gasteiger partial charge in [-0.25, -0.2) is 0 Å². The molecule has 2 nitrogen and oxygen atoms in total. The first kappa shape index (κ1) is 16.7. The van der Waals surface area contributed by atoms with Gasteiger partial charge in [-0.15, -0.1) is 12.4 Å². The van der Waals surface area contributed by atoms with Crippen LogP contribution in [-0.4, -0.2) is 11.2 Å². The van der Waals surface area contributed by atoms with Crippen molar-refractivity contribution in [1.29, 1.82) is 0 Å². The molecular formula is C13H21Cl2NO. The average Bonchev–Trinajstić information content (AvgIpc) is 2.26. The number of aliphatic hydroxyl groups excluding tert-OH is 1. The highest BCUT2D eigenvalue weighted by molar-refractivity contribution is 6.31. The summed E-state index contributed by atoms with van der Waals surface area (Å²) in [4.78, 5) is 0. The quantitative estimate of drug-likeness (QED) is 0.885. The summed E-state index contributed by atoms with van der Waals surface area (Å²) in [5, 5.41) is 10.7. The van der Waals surface area contributed by atoms with E-state index in [0.29, 0.717) is 5.02 Å². The third-order valence-electron chi connectivity index (χ3n) is 3.20. The number of hydrogen-bond acceptors (Lipinski definition) is 2. The van der Waals surface area contributed by atoms with Gasteiger partial charge in [-0.2, -0.15) is 0 Å². The summed E-state index contributed by atoms with van der Waals surface area (Å²) in [5.41, 5.74) is 7.97. The molecule has 0 aromatic heterocycles. The minimum absolute atomic E-state index is 0. The largest absolute Gasteiger partial charge is 0.391 e. The fourth-order valence-electron chi connectivity index (χ4n) is 1.83. The molecule has 1 rings (SSSR count). The smallest absolute Gasteiger partial charge is 0.0758 e. The van der Waals surface area contributed by atoms with Crippen molar-refractivity contribution < 1.29 is 5.11 Å². The van der Waals surface area contributed by atoms with Gasteiger partial charge in [0.2, 0.25) is 0 Å². The predicted molar refractivity (Wildman–Crippen MR) is 75.8 cm³/mol. The first-order chi connectivity index (χ1) is 7.49. The van der Waals surface area contributed by atoms with Gasteiger partial charge in [-0.1, -0.05) is 44.0 Å². The van der Waals surface area contributed by atoms with Crippen molar-refractivity contribution in [3.8, 4) is 0 Å². The summed E-state index contributed by atoms with van der Waals surface area (Å²) in [6, 6.07) is 5.25. The lowest BCUT2D eigenvalue weighted by Crippen LogP contribution is -2.32. The van der Waals surface area contributed by atoms with Gasteiger partial charge in [0, 0.05) is 5.02 Å². The molecule has 0 fully saturated rings. The lowest BCUT2D eigenvalue weighted by molar-refractivity contribution is 0.0878. The van der Waals surface area contributed by atoms with Gasteiger partial charge in [0.25, 0.3) is 0 Å². The Morgan fingerprint density at radius 1 is 1.41 bits per heavy atom. The van der Waals surface area contributed by atoms with E-state index in [1.54, 1.807) is 0 Å². The molecule has 0 bridgehead atoms. The minimum atomic E-state index is -0.552. The third-order valence-corrected chi connectivity index (χ3v) is 3.53. The molecule has 0 amide bonds. The number of halogens is 2. The number of benzene rings is 1. The van der Waals surface area contributed by atoms with Crippen molar-refractivity contribution in [2.45, 2.75) is 39.3 Å². The maximum absolute atomic E-state index is 10.1. The first-order valence-electron chi connectivity index (χ1n) is 5.67. The minimum Gasteiger partial charge on any atom is -0.391 e. The number of hydrogen-bond donors (Lipinski definition) is 2. The van der Waals surface area contributed by atoms with Gasteiger partial charge in [0.1, 0.15) is 0 Å². The summed E-state index contributed by atoms with van der Waals surface area (Å²) in [5.74, 6) is 0.172. The van der Waals surface area contributed by atoms with Crippen LogP contribution in [0.2, 0.25) is 5.02 Å². The second kappa shape index (κ2) is 7.22. The molecule has 0 aliphatic heterocycles. The summed E-state index contributed by atoms with van der Waals surface area (Å²) < 4.78 is 0. The van der Waals surface area contributed by atoms with E-state index in [1.807, 2.05) is 39.0 Å². The fraction of sp³-hybridized carbons (Fsp3) is 0.538. The Balaban J connectivity index is 0.00000256. The van der Waals surface area contributed by atoms with Crippen LogP contribution in [0.4, 0.5) is 0 Å². The van der Waals surface area contributed by atoms with Crippen molar-refractivity contribution in [1.82, 2.24) is 0 Å². The molecule has 4 heteroatoms. The summed E-state index contributed by atoms with van der Waals surface area (Å²) >= 11 is 6.13. The average molecular weight is 278 g/mol. The number of aryl methyl sites for hydroxylation is 1. The van der Waals surface area contributed by atoms with E-state index in [2.05, 4.69) is 0 Å². The Hall–Kier alpha value is -0.280. The summed E-state index contributed by atoms with van der Waals surface area (Å²) in [6.07, 6.45) is 0.349. The second-order valence-electron chi connectivity index (χ2n) is 4.37. The summed E-state index contributed by atoms with van der Waals surface area (Å²) in [6.45, 7) is 6.00. The molecule has 0 spiro atoms. The Morgan fingerprint density at radius 3 is 2.47 bits per heavy atom. The normalized spacial score (nSPS) is 15.9. The number of rotatable bonds is 4. The molecule has 0 aliphatic carbocycles. The fourth-order valence-corrected chi connectivity index (χ4v) is 2.18. The lowest BCUT2D eigenvalue weighted by atomic mass is 9.89. The van der Waals surface area contributed by atoms with Crippen LogP contribution in [0.15, 0.2) is 18.2 Å². The molecule has 0 aliphatic rings. The van der Waals surface area contributed by atoms with Gasteiger partial charge in [0.15, 0.2) is 0 Å². The van der Waals surface area contributed by atoms with Crippen molar-refractivity contribution >= 4 is 24.0 Å². The van der Waals surface area contributed by atoms with Crippen molar-refractivity contribution in [3.63, 3.8) is 0 Å². The molecular weight excluding hydrogens is 257 g/mol. The van der Waals surface area contributed by atoms with E-state index >= 15 is 0 Å². The second-order valence-corrected chi connectivity index (χ2v) is 4.78. The third kappa shape index (κ3) is 3.85. The molecule has 1 unspecified atom stereocenters. The Kier molecular flexibility index (Phi) is 7.10. The van der Waals surface area contributed by atoms with E-state index in [9.17, 15) is 5.11 Å². The lowest BCUT2D eigenvalue weighted by Gasteiger charge is -2.26. The molecule has 0 saturated heterocycles. The molecule has 3 atom stereocenters. The van der Waals surface area contributed by atoms with Gasteiger partial charge in [-0.05, 0) is 30.0 Å². The number of aliphatic hydroxyl groups is 1. The van der Waals surface area contributed by atoms with Gasteiger partial charge in [-0.3, -0.25) is 0 Å². The number of nitrogens with two attached hydrogens (primary N) is 1. The van der Waals surface area contributed by atoms with Crippen molar-refractivity contribution in [3.05, 3.63) is 34.3 Å². The molecule has 98 valence electrons. The molecule has 17 heavy (non-hydrogen) atoms. The maximum Gasteiger partial charge on any atom is 0.0758 e. The van der Waals surface area contributed by atoms with E-state index in [0.717, 1.165) is 17.5 Å². The maximum atomic E-state index is 10.1. The Bertz CT molecular complexity index is 337. The molecule has 1 aromatic carbocycles. The van der Waals surface area contributed by atoms with Crippen LogP contribution >= 0.6 is 24.0 Å². The zero-order chi connectivity index (χ0) is 12.3. The molecule has 0 radical (unpaired) electrons. The molecule has 1 aromatic rings. The highest BCUT2D eigenvalue weighted by atomic mass is 35.5. The van der Waals surface area contributed by atoms with Gasteiger partial charge >= 0.3 is 0 Å². The van der Waals surface area contributed by atoms with Crippen LogP contribution in [-0.2, 0) is 0 Å². The van der Waals surface area contributed by atoms with Gasteiger partial charge in [0.05, 0.1) is 12.1 Å². The van der Waals surface area contributed by atoms with Crippen LogP contribution in [0.5, 0.6) is 0 Å². The van der Waals surface area contributed by atoms with Gasteiger partial charge < -0.3 is 10.8 Å². The monoisotopic (exact) mass is 277 g/mol. The Morgan fingerprint density at radius 2 is 2.00 bits per heavy atom. The highest BCUT2D eigenvalue weighted by Gasteiger charge is 2.24. The standard InChI is InChI=1S/C13H20ClNO.ClH/c1-4-8(2)13(16)12(15)11-9(3)6-5-7-10(11)14;/h5-8,12-13,16H,4,15H2,1-3H3;1H/t8?,12-,13+;/m1./s1. The van der Waals surface area contributed by atoms with E-state index in [1.165, 1.54) is 0 Å². The molecule has 3 N–H and O–H groups in total. The first-order valence-corrected chi connectivity index (χ1v) is 6.05.